The maximum atomic E-state index is 10.6. The highest BCUT2D eigenvalue weighted by Gasteiger charge is 2.10. The fourth-order valence-corrected chi connectivity index (χ4v) is 1.44. The van der Waals surface area contributed by atoms with E-state index in [1.807, 2.05) is 20.8 Å². The normalized spacial score (nSPS) is 12.3. The molecule has 0 saturated carbocycles. The van der Waals surface area contributed by atoms with Gasteiger partial charge in [0.05, 0.1) is 12.5 Å². The van der Waals surface area contributed by atoms with Crippen LogP contribution in [0.1, 0.15) is 32.9 Å². The van der Waals surface area contributed by atoms with Gasteiger partial charge in [-0.1, -0.05) is 0 Å². The predicted octanol–water partition coefficient (Wildman–Crippen LogP) is 1.85. The number of nitrogens with one attached hydrogen (secondary N) is 1. The molecule has 0 aliphatic carbocycles. The van der Waals surface area contributed by atoms with E-state index < -0.39 is 5.97 Å². The second kappa shape index (κ2) is 6.18. The number of ether oxygens (including phenoxy) is 1. The van der Waals surface area contributed by atoms with Gasteiger partial charge in [-0.25, -0.2) is 4.98 Å². The molecule has 2 N–H and O–H groups in total. The van der Waals surface area contributed by atoms with Crippen molar-refractivity contribution < 1.29 is 14.6 Å². The maximum Gasteiger partial charge on any atom is 0.305 e. The van der Waals surface area contributed by atoms with Gasteiger partial charge in [0, 0.05) is 17.8 Å². The van der Waals surface area contributed by atoms with E-state index in [9.17, 15) is 4.79 Å². The number of carboxylic acids is 1. The number of carbonyl (C=O) groups is 1. The Bertz CT molecular complexity index is 421. The van der Waals surface area contributed by atoms with Crippen molar-refractivity contribution in [3.05, 3.63) is 11.8 Å². The Morgan fingerprint density at radius 3 is 2.67 bits per heavy atom. The molecule has 1 aromatic heterocycles. The first-order chi connectivity index (χ1) is 8.36. The van der Waals surface area contributed by atoms with Crippen molar-refractivity contribution >= 4 is 11.9 Å². The molecule has 6 heteroatoms. The molecule has 1 heterocycles. The number of carboxylic acid groups (broad SMARTS) is 1. The first kappa shape index (κ1) is 14.2. The van der Waals surface area contributed by atoms with Gasteiger partial charge < -0.3 is 15.2 Å². The van der Waals surface area contributed by atoms with Crippen LogP contribution in [0.3, 0.4) is 0 Å². The number of aliphatic carboxylic acids is 1. The molecule has 1 unspecified atom stereocenters. The minimum atomic E-state index is -0.860. The van der Waals surface area contributed by atoms with E-state index in [1.54, 1.807) is 13.0 Å². The summed E-state index contributed by atoms with van der Waals surface area (Å²) >= 11 is 0. The van der Waals surface area contributed by atoms with Crippen molar-refractivity contribution in [3.63, 3.8) is 0 Å². The highest BCUT2D eigenvalue weighted by atomic mass is 16.5. The van der Waals surface area contributed by atoms with E-state index in [0.29, 0.717) is 11.8 Å². The summed E-state index contributed by atoms with van der Waals surface area (Å²) in [6, 6.07) is 1.50. The standard InChI is InChI=1S/C12H19N3O3/c1-7(2)18-10-5-8(3)13-12(15-10)14-9(4)6-11(16)17/h5,7,9H,6H2,1-4H3,(H,16,17)(H,13,14,15). The van der Waals surface area contributed by atoms with Crippen molar-refractivity contribution in [2.24, 2.45) is 0 Å². The molecule has 1 atom stereocenters. The monoisotopic (exact) mass is 253 g/mol. The Hall–Kier alpha value is -1.85. The lowest BCUT2D eigenvalue weighted by Gasteiger charge is -2.14. The Kier molecular flexibility index (Phi) is 4.88. The summed E-state index contributed by atoms with van der Waals surface area (Å²) in [6.07, 6.45) is 0.0427. The van der Waals surface area contributed by atoms with Crippen LogP contribution < -0.4 is 10.1 Å². The van der Waals surface area contributed by atoms with Gasteiger partial charge in [-0.3, -0.25) is 4.79 Å². The molecule has 0 aliphatic heterocycles. The van der Waals surface area contributed by atoms with Gasteiger partial charge in [-0.05, 0) is 27.7 Å². The van der Waals surface area contributed by atoms with E-state index in [2.05, 4.69) is 15.3 Å². The maximum absolute atomic E-state index is 10.6. The van der Waals surface area contributed by atoms with Crippen LogP contribution in [-0.4, -0.2) is 33.2 Å². The van der Waals surface area contributed by atoms with Crippen molar-refractivity contribution in [1.82, 2.24) is 9.97 Å². The summed E-state index contributed by atoms with van der Waals surface area (Å²) in [6.45, 7) is 7.43. The van der Waals surface area contributed by atoms with Crippen LogP contribution in [0.25, 0.3) is 0 Å². The van der Waals surface area contributed by atoms with Crippen LogP contribution in [-0.2, 0) is 4.79 Å². The molecule has 0 fully saturated rings. The first-order valence-corrected chi connectivity index (χ1v) is 5.87. The van der Waals surface area contributed by atoms with Gasteiger partial charge in [0.25, 0.3) is 0 Å². The van der Waals surface area contributed by atoms with Gasteiger partial charge in [-0.2, -0.15) is 4.98 Å². The molecule has 1 rings (SSSR count). The van der Waals surface area contributed by atoms with E-state index >= 15 is 0 Å². The second-order valence-corrected chi connectivity index (χ2v) is 4.48. The minimum absolute atomic E-state index is 0.0116. The Labute approximate surface area is 106 Å². The molecule has 0 aromatic carbocycles. The molecule has 6 nitrogen and oxygen atoms in total. The molecular weight excluding hydrogens is 234 g/mol. The van der Waals surface area contributed by atoms with E-state index in [4.69, 9.17) is 9.84 Å². The van der Waals surface area contributed by atoms with Crippen LogP contribution in [0.5, 0.6) is 5.88 Å². The van der Waals surface area contributed by atoms with E-state index in [0.717, 1.165) is 5.69 Å². The number of nitrogens with zero attached hydrogens (tertiary/aromatic N) is 2. The third-order valence-corrected chi connectivity index (χ3v) is 2.04. The smallest absolute Gasteiger partial charge is 0.305 e. The molecule has 0 radical (unpaired) electrons. The van der Waals surface area contributed by atoms with Gasteiger partial charge in [0.1, 0.15) is 0 Å². The zero-order valence-corrected chi connectivity index (χ0v) is 11.1. The van der Waals surface area contributed by atoms with Crippen LogP contribution in [0.4, 0.5) is 5.95 Å². The molecular formula is C12H19N3O3. The molecule has 0 amide bonds. The minimum Gasteiger partial charge on any atom is -0.481 e. The summed E-state index contributed by atoms with van der Waals surface area (Å²) in [4.78, 5) is 19.0. The SMILES string of the molecule is Cc1cc(OC(C)C)nc(NC(C)CC(=O)O)n1. The van der Waals surface area contributed by atoms with E-state index in [-0.39, 0.29) is 18.6 Å². The van der Waals surface area contributed by atoms with E-state index in [1.165, 1.54) is 0 Å². The predicted molar refractivity (Wildman–Crippen MR) is 67.9 cm³/mol. The molecule has 0 aliphatic rings. The largest absolute Gasteiger partial charge is 0.481 e. The lowest BCUT2D eigenvalue weighted by atomic mass is 10.2. The first-order valence-electron chi connectivity index (χ1n) is 5.87. The average molecular weight is 253 g/mol. The van der Waals surface area contributed by atoms with Crippen molar-refractivity contribution in [1.29, 1.82) is 0 Å². The number of hydrogen-bond acceptors (Lipinski definition) is 5. The molecule has 1 aromatic rings. The highest BCUT2D eigenvalue weighted by molar-refractivity contribution is 5.68. The van der Waals surface area contributed by atoms with Gasteiger partial charge in [-0.15, -0.1) is 0 Å². The second-order valence-electron chi connectivity index (χ2n) is 4.48. The quantitative estimate of drug-likeness (QED) is 0.804. The number of rotatable bonds is 6. The van der Waals surface area contributed by atoms with Crippen molar-refractivity contribution in [2.45, 2.75) is 46.3 Å². The Morgan fingerprint density at radius 2 is 2.11 bits per heavy atom. The van der Waals surface area contributed by atoms with Gasteiger partial charge in [0.15, 0.2) is 0 Å². The number of aryl methyl sites for hydroxylation is 1. The van der Waals surface area contributed by atoms with Crippen molar-refractivity contribution in [3.8, 4) is 5.88 Å². The summed E-state index contributed by atoms with van der Waals surface area (Å²) in [5.41, 5.74) is 0.769. The molecule has 18 heavy (non-hydrogen) atoms. The fourth-order valence-electron chi connectivity index (χ4n) is 1.44. The number of aromatic nitrogens is 2. The third kappa shape index (κ3) is 4.99. The summed E-state index contributed by atoms with van der Waals surface area (Å²) in [7, 11) is 0. The summed E-state index contributed by atoms with van der Waals surface area (Å²) < 4.78 is 5.49. The van der Waals surface area contributed by atoms with Crippen LogP contribution in [0.2, 0.25) is 0 Å². The zero-order valence-electron chi connectivity index (χ0n) is 11.1. The Balaban J connectivity index is 2.76. The molecule has 0 bridgehead atoms. The summed E-state index contributed by atoms with van der Waals surface area (Å²) in [5, 5.41) is 11.6. The molecule has 0 spiro atoms. The average Bonchev–Trinajstić information content (AvgIpc) is 2.12. The van der Waals surface area contributed by atoms with Crippen LogP contribution >= 0.6 is 0 Å². The lowest BCUT2D eigenvalue weighted by Crippen LogP contribution is -2.21. The number of anilines is 1. The fraction of sp³-hybridized carbons (Fsp3) is 0.583. The zero-order chi connectivity index (χ0) is 13.7. The third-order valence-electron chi connectivity index (χ3n) is 2.04. The van der Waals surface area contributed by atoms with Gasteiger partial charge >= 0.3 is 5.97 Å². The topological polar surface area (TPSA) is 84.3 Å². The molecule has 100 valence electrons. The van der Waals surface area contributed by atoms with Crippen LogP contribution in [0.15, 0.2) is 6.07 Å². The molecule has 0 saturated heterocycles. The lowest BCUT2D eigenvalue weighted by molar-refractivity contribution is -0.137. The number of hydrogen-bond donors (Lipinski definition) is 2. The highest BCUT2D eigenvalue weighted by Crippen LogP contribution is 2.14. The Morgan fingerprint density at radius 1 is 1.44 bits per heavy atom. The van der Waals surface area contributed by atoms with Crippen LogP contribution in [0, 0.1) is 6.92 Å². The van der Waals surface area contributed by atoms with Crippen molar-refractivity contribution in [2.75, 3.05) is 5.32 Å². The van der Waals surface area contributed by atoms with Gasteiger partial charge in [0.2, 0.25) is 11.8 Å². The summed E-state index contributed by atoms with van der Waals surface area (Å²) in [5.74, 6) is 0.0169.